The summed E-state index contributed by atoms with van der Waals surface area (Å²) in [5.74, 6) is -1.73. The number of ketones is 1. The van der Waals surface area contributed by atoms with Gasteiger partial charge in [0, 0.05) is 13.0 Å². The van der Waals surface area contributed by atoms with Crippen LogP contribution in [0.5, 0.6) is 5.75 Å². The molecule has 10 heteroatoms. The van der Waals surface area contributed by atoms with Crippen molar-refractivity contribution >= 4 is 23.5 Å². The first-order valence-corrected chi connectivity index (χ1v) is 14.4. The summed E-state index contributed by atoms with van der Waals surface area (Å²) in [6.45, 7) is 4.21. The van der Waals surface area contributed by atoms with Gasteiger partial charge in [-0.2, -0.15) is 0 Å². The topological polar surface area (TPSA) is 149 Å². The largest absolute Gasteiger partial charge is 0.497 e. The number of rotatable bonds is 13. The third-order valence-electron chi connectivity index (χ3n) is 8.65. The minimum Gasteiger partial charge on any atom is -0.497 e. The Balaban J connectivity index is 1.52. The molecule has 0 radical (unpaired) electrons. The van der Waals surface area contributed by atoms with Crippen molar-refractivity contribution in [3.05, 3.63) is 29.8 Å². The normalized spacial score (nSPS) is 26.8. The van der Waals surface area contributed by atoms with Crippen LogP contribution in [0.1, 0.15) is 64.4 Å². The van der Waals surface area contributed by atoms with Crippen LogP contribution in [0.3, 0.4) is 0 Å². The van der Waals surface area contributed by atoms with E-state index in [0.717, 1.165) is 31.2 Å². The molecule has 10 nitrogen and oxygen atoms in total. The molecule has 3 amide bonds. The van der Waals surface area contributed by atoms with Crippen molar-refractivity contribution in [2.24, 2.45) is 23.5 Å². The average molecular weight is 558 g/mol. The predicted octanol–water partition coefficient (Wildman–Crippen LogP) is 2.06. The van der Waals surface area contributed by atoms with E-state index in [2.05, 4.69) is 10.6 Å². The molecule has 4 N–H and O–H groups in total. The van der Waals surface area contributed by atoms with Crippen LogP contribution in [-0.4, -0.2) is 67.6 Å². The lowest BCUT2D eigenvalue weighted by Crippen LogP contribution is -2.56. The molecule has 40 heavy (non-hydrogen) atoms. The van der Waals surface area contributed by atoms with E-state index < -0.39 is 53.3 Å². The summed E-state index contributed by atoms with van der Waals surface area (Å²) in [4.78, 5) is 52.6. The summed E-state index contributed by atoms with van der Waals surface area (Å²) in [5, 5.41) is 5.86. The van der Waals surface area contributed by atoms with Gasteiger partial charge >= 0.3 is 0 Å². The lowest BCUT2D eigenvalue weighted by atomic mass is 9.85. The number of primary amides is 1. The standard InChI is InChI=1S/C30H43N3O7/c1-18(25-22(27(31)35)9-6-14-39-25)28(36)33-24(16-20-10-12-21(38-3)13-11-20)29(37)32-23(15-19-7-4-5-8-19)26(34)30(2)17-40-30/h10-13,18-19,22-25H,4-9,14-17H2,1-3H3,(H2,31,35)(H,32,37)(H,33,36)/t18-,22?,23+,24+,25?,30-/m1/s1. The van der Waals surface area contributed by atoms with E-state index >= 15 is 0 Å². The molecule has 1 aromatic carbocycles. The zero-order valence-electron chi connectivity index (χ0n) is 23.8. The van der Waals surface area contributed by atoms with Crippen molar-refractivity contribution in [3.8, 4) is 5.75 Å². The van der Waals surface area contributed by atoms with Crippen molar-refractivity contribution in [3.63, 3.8) is 0 Å². The predicted molar refractivity (Wildman–Crippen MR) is 147 cm³/mol. The van der Waals surface area contributed by atoms with Gasteiger partial charge in [-0.3, -0.25) is 19.2 Å². The number of ether oxygens (including phenoxy) is 3. The van der Waals surface area contributed by atoms with Crippen LogP contribution >= 0.6 is 0 Å². The molecule has 0 spiro atoms. The number of carbonyl (C=O) groups is 4. The Labute approximate surface area is 236 Å². The lowest BCUT2D eigenvalue weighted by molar-refractivity contribution is -0.144. The third-order valence-corrected chi connectivity index (χ3v) is 8.65. The van der Waals surface area contributed by atoms with Crippen LogP contribution in [0.25, 0.3) is 0 Å². The maximum absolute atomic E-state index is 13.8. The Morgan fingerprint density at radius 1 is 1.02 bits per heavy atom. The molecule has 220 valence electrons. The number of hydrogen-bond acceptors (Lipinski definition) is 7. The average Bonchev–Trinajstić information content (AvgIpc) is 3.50. The highest BCUT2D eigenvalue weighted by Gasteiger charge is 2.50. The van der Waals surface area contributed by atoms with Crippen LogP contribution in [0.2, 0.25) is 0 Å². The third kappa shape index (κ3) is 7.40. The molecular weight excluding hydrogens is 514 g/mol. The monoisotopic (exact) mass is 557 g/mol. The van der Waals surface area contributed by atoms with Crippen molar-refractivity contribution in [1.82, 2.24) is 10.6 Å². The first-order chi connectivity index (χ1) is 19.1. The molecule has 1 aromatic rings. The van der Waals surface area contributed by atoms with E-state index in [4.69, 9.17) is 19.9 Å². The molecule has 1 saturated carbocycles. The van der Waals surface area contributed by atoms with Gasteiger partial charge in [0.25, 0.3) is 0 Å². The van der Waals surface area contributed by atoms with E-state index in [1.54, 1.807) is 33.1 Å². The van der Waals surface area contributed by atoms with Crippen molar-refractivity contribution in [2.45, 2.75) is 89.0 Å². The zero-order chi connectivity index (χ0) is 28.9. The number of amides is 3. The van der Waals surface area contributed by atoms with Crippen molar-refractivity contribution in [2.75, 3.05) is 20.3 Å². The molecule has 3 aliphatic rings. The second kappa shape index (κ2) is 13.1. The number of epoxide rings is 1. The Kier molecular flexibility index (Phi) is 9.84. The van der Waals surface area contributed by atoms with E-state index in [-0.39, 0.29) is 12.2 Å². The fourth-order valence-corrected chi connectivity index (χ4v) is 5.96. The SMILES string of the molecule is COc1ccc(C[C@H](NC(=O)[C@H](C)C2OCCCC2C(N)=O)C(=O)N[C@@H](CC2CCCC2)C(=O)[C@@]2(C)CO2)cc1. The molecule has 1 aliphatic carbocycles. The zero-order valence-corrected chi connectivity index (χ0v) is 23.8. The van der Waals surface area contributed by atoms with Gasteiger partial charge in [0.15, 0.2) is 5.78 Å². The van der Waals surface area contributed by atoms with Crippen molar-refractivity contribution < 1.29 is 33.4 Å². The fraction of sp³-hybridized carbons (Fsp3) is 0.667. The number of Topliss-reactive ketones (excluding diaryl/α,β-unsaturated/α-hetero) is 1. The number of benzene rings is 1. The second-order valence-electron chi connectivity index (χ2n) is 11.7. The van der Waals surface area contributed by atoms with Gasteiger partial charge in [-0.05, 0) is 49.8 Å². The van der Waals surface area contributed by atoms with Crippen LogP contribution < -0.4 is 21.1 Å². The fourth-order valence-electron chi connectivity index (χ4n) is 5.96. The van der Waals surface area contributed by atoms with Crippen LogP contribution in [0, 0.1) is 17.8 Å². The van der Waals surface area contributed by atoms with Gasteiger partial charge in [-0.25, -0.2) is 0 Å². The maximum atomic E-state index is 13.8. The molecule has 0 aromatic heterocycles. The summed E-state index contributed by atoms with van der Waals surface area (Å²) in [7, 11) is 1.57. The second-order valence-corrected chi connectivity index (χ2v) is 11.7. The van der Waals surface area contributed by atoms with Gasteiger partial charge in [0.05, 0.1) is 37.7 Å². The quantitative estimate of drug-likeness (QED) is 0.314. The molecule has 2 saturated heterocycles. The van der Waals surface area contributed by atoms with Crippen LogP contribution in [-0.2, 0) is 35.1 Å². The lowest BCUT2D eigenvalue weighted by Gasteiger charge is -2.34. The van der Waals surface area contributed by atoms with Gasteiger partial charge in [0.2, 0.25) is 17.7 Å². The Hall–Kier alpha value is -2.98. The molecule has 2 aliphatic heterocycles. The molecule has 2 unspecified atom stereocenters. The summed E-state index contributed by atoms with van der Waals surface area (Å²) in [5.41, 5.74) is 5.53. The summed E-state index contributed by atoms with van der Waals surface area (Å²) in [6, 6.07) is 5.60. The van der Waals surface area contributed by atoms with E-state index in [1.807, 2.05) is 12.1 Å². The first-order valence-electron chi connectivity index (χ1n) is 14.4. The van der Waals surface area contributed by atoms with Gasteiger partial charge in [0.1, 0.15) is 17.4 Å². The summed E-state index contributed by atoms with van der Waals surface area (Å²) in [6.07, 6.45) is 5.65. The smallest absolute Gasteiger partial charge is 0.243 e. The van der Waals surface area contributed by atoms with Crippen LogP contribution in [0.4, 0.5) is 0 Å². The summed E-state index contributed by atoms with van der Waals surface area (Å²) < 4.78 is 16.5. The minimum absolute atomic E-state index is 0.129. The van der Waals surface area contributed by atoms with Gasteiger partial charge < -0.3 is 30.6 Å². The summed E-state index contributed by atoms with van der Waals surface area (Å²) >= 11 is 0. The number of nitrogens with two attached hydrogens (primary N) is 1. The molecular formula is C30H43N3O7. The molecule has 4 rings (SSSR count). The molecule has 2 heterocycles. The number of carbonyl (C=O) groups excluding carboxylic acids is 4. The molecule has 0 bridgehead atoms. The van der Waals surface area contributed by atoms with Gasteiger partial charge in [-0.15, -0.1) is 0 Å². The Morgan fingerprint density at radius 2 is 1.68 bits per heavy atom. The highest BCUT2D eigenvalue weighted by atomic mass is 16.6. The Bertz CT molecular complexity index is 1070. The van der Waals surface area contributed by atoms with Crippen LogP contribution in [0.15, 0.2) is 24.3 Å². The van der Waals surface area contributed by atoms with Crippen molar-refractivity contribution in [1.29, 1.82) is 0 Å². The van der Waals surface area contributed by atoms with E-state index in [1.165, 1.54) is 0 Å². The number of nitrogens with one attached hydrogen (secondary N) is 2. The van der Waals surface area contributed by atoms with Gasteiger partial charge in [-0.1, -0.05) is 44.7 Å². The first kappa shape index (κ1) is 30.0. The Morgan fingerprint density at radius 3 is 2.27 bits per heavy atom. The highest BCUT2D eigenvalue weighted by molar-refractivity contribution is 5.98. The molecule has 6 atom stereocenters. The minimum atomic E-state index is -0.953. The number of hydrogen-bond donors (Lipinski definition) is 3. The molecule has 3 fully saturated rings. The highest BCUT2D eigenvalue weighted by Crippen LogP contribution is 2.33. The maximum Gasteiger partial charge on any atom is 0.243 e. The number of methoxy groups -OCH3 is 1. The van der Waals surface area contributed by atoms with E-state index in [0.29, 0.717) is 44.1 Å². The van der Waals surface area contributed by atoms with E-state index in [9.17, 15) is 19.2 Å².